The first kappa shape index (κ1) is 24.7. The minimum Gasteiger partial charge on any atom is -0.349 e. The number of carbonyl (C=O) groups excluding carboxylic acids is 2. The van der Waals surface area contributed by atoms with Gasteiger partial charge in [-0.1, -0.05) is 55.5 Å². The van der Waals surface area contributed by atoms with Crippen LogP contribution in [0.4, 0.5) is 11.4 Å². The van der Waals surface area contributed by atoms with Crippen molar-refractivity contribution >= 4 is 33.2 Å². The quantitative estimate of drug-likeness (QED) is 0.432. The Hall–Kier alpha value is -3.91. The monoisotopic (exact) mass is 477 g/mol. The Balaban J connectivity index is 1.91. The van der Waals surface area contributed by atoms with E-state index in [0.29, 0.717) is 5.69 Å². The topological polar surface area (TPSA) is 95.6 Å². The number of hydrogen-bond donors (Lipinski definition) is 2. The number of nitrogens with zero attached hydrogens (tertiary/aromatic N) is 1. The Kier molecular flexibility index (Phi) is 8.21. The average molecular weight is 478 g/mol. The number of sulfonamides is 1. The zero-order valence-corrected chi connectivity index (χ0v) is 19.7. The van der Waals surface area contributed by atoms with E-state index in [4.69, 9.17) is 0 Å². The van der Waals surface area contributed by atoms with Crippen LogP contribution in [0.3, 0.4) is 0 Å². The predicted molar refractivity (Wildman–Crippen MR) is 134 cm³/mol. The van der Waals surface area contributed by atoms with Crippen LogP contribution in [-0.2, 0) is 21.2 Å². The molecule has 0 aliphatic heterocycles. The Morgan fingerprint density at radius 3 is 2.24 bits per heavy atom. The van der Waals surface area contributed by atoms with Crippen molar-refractivity contribution in [3.05, 3.63) is 103 Å². The number of hydrogen-bond acceptors (Lipinski definition) is 4. The molecule has 0 saturated heterocycles. The van der Waals surface area contributed by atoms with Gasteiger partial charge in [-0.3, -0.25) is 13.9 Å². The van der Waals surface area contributed by atoms with Gasteiger partial charge in [0.05, 0.1) is 21.8 Å². The highest BCUT2D eigenvalue weighted by Crippen LogP contribution is 2.25. The molecule has 0 radical (unpaired) electrons. The number of anilines is 2. The number of benzene rings is 3. The normalized spacial score (nSPS) is 10.9. The molecule has 0 atom stereocenters. The summed E-state index contributed by atoms with van der Waals surface area (Å²) in [5.74, 6) is -0.956. The van der Waals surface area contributed by atoms with Gasteiger partial charge in [-0.15, -0.1) is 6.58 Å². The standard InChI is InChI=1S/C26H27N3O4S/c1-3-18-27-26(31)23-12-8-9-13-24(23)28-25(30)19-29(21-16-14-20(4-2)15-17-21)34(32,33)22-10-6-5-7-11-22/h3,5-17H,1,4,18-19H2,2H3,(H,27,31)(H,28,30). The van der Waals surface area contributed by atoms with Gasteiger partial charge in [0.2, 0.25) is 5.91 Å². The van der Waals surface area contributed by atoms with Crippen molar-refractivity contribution in [1.29, 1.82) is 0 Å². The zero-order valence-electron chi connectivity index (χ0n) is 18.9. The highest BCUT2D eigenvalue weighted by molar-refractivity contribution is 7.92. The maximum absolute atomic E-state index is 13.4. The zero-order chi connectivity index (χ0) is 24.6. The van der Waals surface area contributed by atoms with E-state index in [-0.39, 0.29) is 28.6 Å². The molecule has 3 rings (SSSR count). The van der Waals surface area contributed by atoms with E-state index >= 15 is 0 Å². The molecule has 3 aromatic rings. The van der Waals surface area contributed by atoms with E-state index in [1.807, 2.05) is 19.1 Å². The van der Waals surface area contributed by atoms with Crippen LogP contribution < -0.4 is 14.9 Å². The molecule has 0 aromatic heterocycles. The molecule has 0 aliphatic rings. The van der Waals surface area contributed by atoms with Crippen LogP contribution >= 0.6 is 0 Å². The summed E-state index contributed by atoms with van der Waals surface area (Å²) in [6.45, 7) is 5.38. The molecule has 0 heterocycles. The van der Waals surface area contributed by atoms with Gasteiger partial charge in [-0.2, -0.15) is 0 Å². The first-order chi connectivity index (χ1) is 16.4. The van der Waals surface area contributed by atoms with Crippen molar-refractivity contribution in [2.24, 2.45) is 0 Å². The lowest BCUT2D eigenvalue weighted by molar-refractivity contribution is -0.114. The van der Waals surface area contributed by atoms with Crippen LogP contribution in [-0.4, -0.2) is 33.3 Å². The molecule has 0 fully saturated rings. The van der Waals surface area contributed by atoms with Crippen LogP contribution in [0.1, 0.15) is 22.8 Å². The van der Waals surface area contributed by atoms with Crippen molar-refractivity contribution in [3.8, 4) is 0 Å². The fraction of sp³-hybridized carbons (Fsp3) is 0.154. The number of aryl methyl sites for hydroxylation is 1. The summed E-state index contributed by atoms with van der Waals surface area (Å²) in [6, 6.07) is 21.5. The van der Waals surface area contributed by atoms with Crippen LogP contribution in [0.25, 0.3) is 0 Å². The van der Waals surface area contributed by atoms with Crippen LogP contribution in [0.15, 0.2) is 96.4 Å². The second-order valence-corrected chi connectivity index (χ2v) is 9.30. The number of carbonyl (C=O) groups is 2. The molecule has 0 aliphatic carbocycles. The number of para-hydroxylation sites is 1. The van der Waals surface area contributed by atoms with E-state index in [2.05, 4.69) is 17.2 Å². The smallest absolute Gasteiger partial charge is 0.264 e. The van der Waals surface area contributed by atoms with Gasteiger partial charge in [-0.05, 0) is 48.4 Å². The molecule has 0 bridgehead atoms. The van der Waals surface area contributed by atoms with E-state index < -0.39 is 22.5 Å². The van der Waals surface area contributed by atoms with Crippen molar-refractivity contribution in [2.75, 3.05) is 22.7 Å². The second-order valence-electron chi connectivity index (χ2n) is 7.44. The number of nitrogens with one attached hydrogen (secondary N) is 2. The average Bonchev–Trinajstić information content (AvgIpc) is 2.86. The molecule has 34 heavy (non-hydrogen) atoms. The minimum absolute atomic E-state index is 0.0755. The number of rotatable bonds is 10. The lowest BCUT2D eigenvalue weighted by atomic mass is 10.1. The summed E-state index contributed by atoms with van der Waals surface area (Å²) in [6.07, 6.45) is 2.35. The van der Waals surface area contributed by atoms with E-state index in [1.54, 1.807) is 60.7 Å². The molecular formula is C26H27N3O4S. The summed E-state index contributed by atoms with van der Waals surface area (Å²) < 4.78 is 27.9. The maximum Gasteiger partial charge on any atom is 0.264 e. The molecule has 176 valence electrons. The predicted octanol–water partition coefficient (Wildman–Crippen LogP) is 4.00. The van der Waals surface area contributed by atoms with Gasteiger partial charge in [0, 0.05) is 6.54 Å². The summed E-state index contributed by atoms with van der Waals surface area (Å²) in [7, 11) is -4.02. The Labute approximate surface area is 200 Å². The Morgan fingerprint density at radius 1 is 0.941 bits per heavy atom. The number of amides is 2. The maximum atomic E-state index is 13.4. The molecule has 0 unspecified atom stereocenters. The molecule has 0 spiro atoms. The second kappa shape index (κ2) is 11.3. The molecule has 2 N–H and O–H groups in total. The first-order valence-electron chi connectivity index (χ1n) is 10.8. The van der Waals surface area contributed by atoms with Crippen LogP contribution in [0.5, 0.6) is 0 Å². The molecular weight excluding hydrogens is 450 g/mol. The molecule has 8 heteroatoms. The summed E-state index contributed by atoms with van der Waals surface area (Å²) in [4.78, 5) is 25.5. The summed E-state index contributed by atoms with van der Waals surface area (Å²) >= 11 is 0. The SMILES string of the molecule is C=CCNC(=O)c1ccccc1NC(=O)CN(c1ccc(CC)cc1)S(=O)(=O)c1ccccc1. The van der Waals surface area contributed by atoms with Gasteiger partial charge < -0.3 is 10.6 Å². The van der Waals surface area contributed by atoms with Crippen molar-refractivity contribution in [3.63, 3.8) is 0 Å². The Morgan fingerprint density at radius 2 is 1.59 bits per heavy atom. The molecule has 7 nitrogen and oxygen atoms in total. The minimum atomic E-state index is -4.02. The van der Waals surface area contributed by atoms with Gasteiger partial charge in [0.15, 0.2) is 0 Å². The first-order valence-corrected chi connectivity index (χ1v) is 12.3. The van der Waals surface area contributed by atoms with Gasteiger partial charge in [-0.25, -0.2) is 8.42 Å². The third-order valence-corrected chi connectivity index (χ3v) is 6.89. The van der Waals surface area contributed by atoms with Crippen LogP contribution in [0, 0.1) is 0 Å². The molecule has 0 saturated carbocycles. The van der Waals surface area contributed by atoms with Crippen molar-refractivity contribution in [2.45, 2.75) is 18.2 Å². The van der Waals surface area contributed by atoms with Crippen molar-refractivity contribution in [1.82, 2.24) is 5.32 Å². The molecule has 3 aromatic carbocycles. The van der Waals surface area contributed by atoms with E-state index in [0.717, 1.165) is 16.3 Å². The third-order valence-electron chi connectivity index (χ3n) is 5.10. The van der Waals surface area contributed by atoms with Gasteiger partial charge in [0.25, 0.3) is 15.9 Å². The lowest BCUT2D eigenvalue weighted by Crippen LogP contribution is -2.38. The Bertz CT molecular complexity index is 1260. The highest BCUT2D eigenvalue weighted by Gasteiger charge is 2.27. The third kappa shape index (κ3) is 5.90. The summed E-state index contributed by atoms with van der Waals surface area (Å²) in [5, 5.41) is 5.35. The highest BCUT2D eigenvalue weighted by atomic mass is 32.2. The van der Waals surface area contributed by atoms with E-state index in [1.165, 1.54) is 12.1 Å². The van der Waals surface area contributed by atoms with E-state index in [9.17, 15) is 18.0 Å². The fourth-order valence-electron chi connectivity index (χ4n) is 3.30. The van der Waals surface area contributed by atoms with Crippen molar-refractivity contribution < 1.29 is 18.0 Å². The fourth-order valence-corrected chi connectivity index (χ4v) is 4.75. The van der Waals surface area contributed by atoms with Crippen LogP contribution in [0.2, 0.25) is 0 Å². The largest absolute Gasteiger partial charge is 0.349 e. The molecule has 2 amide bonds. The van der Waals surface area contributed by atoms with Gasteiger partial charge >= 0.3 is 0 Å². The summed E-state index contributed by atoms with van der Waals surface area (Å²) in [5.41, 5.74) is 1.97. The lowest BCUT2D eigenvalue weighted by Gasteiger charge is -2.24. The van der Waals surface area contributed by atoms with Gasteiger partial charge in [0.1, 0.15) is 6.54 Å².